The monoisotopic (exact) mass is 274 g/mol. The van der Waals surface area contributed by atoms with Gasteiger partial charge in [0.1, 0.15) is 11.9 Å². The molecule has 0 spiro atoms. The van der Waals surface area contributed by atoms with Crippen LogP contribution in [0.25, 0.3) is 11.5 Å². The van der Waals surface area contributed by atoms with E-state index in [2.05, 4.69) is 10.1 Å². The van der Waals surface area contributed by atoms with Crippen LogP contribution in [-0.2, 0) is 4.74 Å². The van der Waals surface area contributed by atoms with Crippen molar-refractivity contribution in [3.8, 4) is 17.2 Å². The fourth-order valence-electron chi connectivity index (χ4n) is 2.21. The average molecular weight is 274 g/mol. The first-order valence-corrected chi connectivity index (χ1v) is 6.94. The summed E-state index contributed by atoms with van der Waals surface area (Å²) in [7, 11) is 0. The maximum absolute atomic E-state index is 9.75. The van der Waals surface area contributed by atoms with Crippen LogP contribution in [0.1, 0.15) is 37.3 Å². The van der Waals surface area contributed by atoms with E-state index in [0.717, 1.165) is 24.0 Å². The van der Waals surface area contributed by atoms with Gasteiger partial charge in [-0.2, -0.15) is 4.98 Å². The molecule has 1 saturated carbocycles. The number of benzene rings is 1. The van der Waals surface area contributed by atoms with Gasteiger partial charge >= 0.3 is 0 Å². The van der Waals surface area contributed by atoms with Crippen molar-refractivity contribution in [2.24, 2.45) is 5.92 Å². The fraction of sp³-hybridized carbons (Fsp3) is 0.467. The van der Waals surface area contributed by atoms with E-state index in [-0.39, 0.29) is 11.9 Å². The Kier molecular flexibility index (Phi) is 3.44. The number of ether oxygens (including phenoxy) is 1. The molecule has 1 aromatic heterocycles. The lowest BCUT2D eigenvalue weighted by molar-refractivity contribution is 0.0385. The van der Waals surface area contributed by atoms with E-state index in [1.165, 1.54) is 0 Å². The summed E-state index contributed by atoms with van der Waals surface area (Å²) in [5.41, 5.74) is 1.54. The molecule has 0 aliphatic heterocycles. The zero-order valence-corrected chi connectivity index (χ0v) is 11.7. The second-order valence-corrected chi connectivity index (χ2v) is 5.17. The predicted octanol–water partition coefficient (Wildman–Crippen LogP) is 3.24. The summed E-state index contributed by atoms with van der Waals surface area (Å²) < 4.78 is 11.0. The lowest BCUT2D eigenvalue weighted by Crippen LogP contribution is -2.08. The molecule has 0 radical (unpaired) electrons. The summed E-state index contributed by atoms with van der Waals surface area (Å²) in [5, 5.41) is 13.8. The van der Waals surface area contributed by atoms with Gasteiger partial charge in [0.25, 0.3) is 5.89 Å². The van der Waals surface area contributed by atoms with Crippen LogP contribution in [0.2, 0.25) is 0 Å². The number of hydrogen-bond donors (Lipinski definition) is 1. The average Bonchev–Trinajstić information content (AvgIpc) is 3.16. The van der Waals surface area contributed by atoms with Gasteiger partial charge in [0.15, 0.2) is 0 Å². The van der Waals surface area contributed by atoms with E-state index in [9.17, 15) is 5.11 Å². The van der Waals surface area contributed by atoms with Gasteiger partial charge in [0.05, 0.1) is 0 Å². The van der Waals surface area contributed by atoms with E-state index < -0.39 is 0 Å². The summed E-state index contributed by atoms with van der Waals surface area (Å²) >= 11 is 0. The van der Waals surface area contributed by atoms with Gasteiger partial charge in [0, 0.05) is 12.2 Å². The van der Waals surface area contributed by atoms with Gasteiger partial charge in [-0.25, -0.2) is 0 Å². The fourth-order valence-corrected chi connectivity index (χ4v) is 2.21. The van der Waals surface area contributed by atoms with Crippen molar-refractivity contribution >= 4 is 0 Å². The number of aromatic hydroxyl groups is 1. The highest BCUT2D eigenvalue weighted by atomic mass is 16.5. The van der Waals surface area contributed by atoms with E-state index in [1.54, 1.807) is 6.07 Å². The highest BCUT2D eigenvalue weighted by Crippen LogP contribution is 2.42. The SMILES string of the molecule is CCOC(c1noc(-c2ccc(C)c(O)c2)n1)C1CC1. The minimum absolute atomic E-state index is 0.0726. The largest absolute Gasteiger partial charge is 0.508 e. The molecule has 3 rings (SSSR count). The molecule has 2 aromatic rings. The third kappa shape index (κ3) is 2.54. The topological polar surface area (TPSA) is 68.4 Å². The smallest absolute Gasteiger partial charge is 0.258 e. The Balaban J connectivity index is 1.86. The lowest BCUT2D eigenvalue weighted by atomic mass is 10.1. The Hall–Kier alpha value is -1.88. The second kappa shape index (κ2) is 5.25. The first-order valence-electron chi connectivity index (χ1n) is 6.94. The summed E-state index contributed by atoms with van der Waals surface area (Å²) in [5.74, 6) is 1.75. The van der Waals surface area contributed by atoms with Crippen LogP contribution < -0.4 is 0 Å². The summed E-state index contributed by atoms with van der Waals surface area (Å²) in [6.07, 6.45) is 2.23. The molecule has 0 amide bonds. The minimum atomic E-state index is -0.0726. The number of aryl methyl sites for hydroxylation is 1. The summed E-state index contributed by atoms with van der Waals surface area (Å²) in [6, 6.07) is 5.33. The van der Waals surface area contributed by atoms with Crippen LogP contribution in [-0.4, -0.2) is 21.9 Å². The second-order valence-electron chi connectivity index (χ2n) is 5.17. The molecule has 0 saturated heterocycles. The lowest BCUT2D eigenvalue weighted by Gasteiger charge is -2.10. The van der Waals surface area contributed by atoms with Crippen molar-refractivity contribution in [3.63, 3.8) is 0 Å². The van der Waals surface area contributed by atoms with Crippen LogP contribution in [0.5, 0.6) is 5.75 Å². The third-order valence-electron chi connectivity index (χ3n) is 3.55. The standard InChI is InChI=1S/C15H18N2O3/c1-3-19-13(10-6-7-10)14-16-15(20-17-14)11-5-4-9(2)12(18)8-11/h4-5,8,10,13,18H,3,6-7H2,1-2H3. The van der Waals surface area contributed by atoms with Gasteiger partial charge in [-0.1, -0.05) is 11.2 Å². The molecular formula is C15H18N2O3. The zero-order valence-electron chi connectivity index (χ0n) is 11.7. The van der Waals surface area contributed by atoms with Gasteiger partial charge in [-0.15, -0.1) is 0 Å². The van der Waals surface area contributed by atoms with Crippen LogP contribution in [0, 0.1) is 12.8 Å². The minimum Gasteiger partial charge on any atom is -0.508 e. The molecule has 1 N–H and O–H groups in total. The van der Waals surface area contributed by atoms with Crippen molar-refractivity contribution < 1.29 is 14.4 Å². The number of phenolic OH excluding ortho intramolecular Hbond substituents is 1. The van der Waals surface area contributed by atoms with Crippen molar-refractivity contribution in [1.29, 1.82) is 0 Å². The highest BCUT2D eigenvalue weighted by molar-refractivity contribution is 5.57. The van der Waals surface area contributed by atoms with Crippen LogP contribution in [0.4, 0.5) is 0 Å². The molecule has 1 unspecified atom stereocenters. The number of rotatable bonds is 5. The predicted molar refractivity (Wildman–Crippen MR) is 73.2 cm³/mol. The molecular weight excluding hydrogens is 256 g/mol. The molecule has 20 heavy (non-hydrogen) atoms. The maximum Gasteiger partial charge on any atom is 0.258 e. The quantitative estimate of drug-likeness (QED) is 0.906. The Morgan fingerprint density at radius 1 is 1.45 bits per heavy atom. The molecule has 5 heteroatoms. The van der Waals surface area contributed by atoms with Gasteiger partial charge < -0.3 is 14.4 Å². The molecule has 0 bridgehead atoms. The van der Waals surface area contributed by atoms with Crippen molar-refractivity contribution in [3.05, 3.63) is 29.6 Å². The number of nitrogens with zero attached hydrogens (tertiary/aromatic N) is 2. The van der Waals surface area contributed by atoms with Crippen molar-refractivity contribution in [1.82, 2.24) is 10.1 Å². The normalized spacial score (nSPS) is 16.3. The zero-order chi connectivity index (χ0) is 14.1. The van der Waals surface area contributed by atoms with E-state index in [4.69, 9.17) is 9.26 Å². The summed E-state index contributed by atoms with van der Waals surface area (Å²) in [4.78, 5) is 4.42. The first-order chi connectivity index (χ1) is 9.69. The Bertz CT molecular complexity index is 605. The molecule has 5 nitrogen and oxygen atoms in total. The number of phenols is 1. The molecule has 1 aliphatic rings. The molecule has 1 atom stereocenters. The first kappa shape index (κ1) is 13.1. The number of hydrogen-bond acceptors (Lipinski definition) is 5. The molecule has 1 aromatic carbocycles. The van der Waals surface area contributed by atoms with E-state index >= 15 is 0 Å². The van der Waals surface area contributed by atoms with Crippen LogP contribution >= 0.6 is 0 Å². The maximum atomic E-state index is 9.75. The van der Waals surface area contributed by atoms with Gasteiger partial charge in [-0.05, 0) is 50.3 Å². The van der Waals surface area contributed by atoms with Gasteiger partial charge in [0.2, 0.25) is 5.82 Å². The number of aromatic nitrogens is 2. The molecule has 1 fully saturated rings. The van der Waals surface area contributed by atoms with Crippen molar-refractivity contribution in [2.75, 3.05) is 6.61 Å². The highest BCUT2D eigenvalue weighted by Gasteiger charge is 2.36. The Morgan fingerprint density at radius 3 is 2.90 bits per heavy atom. The Morgan fingerprint density at radius 2 is 2.25 bits per heavy atom. The summed E-state index contributed by atoms with van der Waals surface area (Å²) in [6.45, 7) is 4.45. The van der Waals surface area contributed by atoms with E-state index in [0.29, 0.717) is 24.2 Å². The van der Waals surface area contributed by atoms with Crippen LogP contribution in [0.3, 0.4) is 0 Å². The van der Waals surface area contributed by atoms with Crippen molar-refractivity contribution in [2.45, 2.75) is 32.8 Å². The Labute approximate surface area is 117 Å². The van der Waals surface area contributed by atoms with Gasteiger partial charge in [-0.3, -0.25) is 0 Å². The molecule has 106 valence electrons. The third-order valence-corrected chi connectivity index (χ3v) is 3.55. The molecule has 1 heterocycles. The van der Waals surface area contributed by atoms with E-state index in [1.807, 2.05) is 26.0 Å². The molecule has 1 aliphatic carbocycles. The van der Waals surface area contributed by atoms with Crippen LogP contribution in [0.15, 0.2) is 22.7 Å².